The molecule has 1 aromatic carbocycles. The van der Waals surface area contributed by atoms with Crippen LogP contribution in [0.15, 0.2) is 27.5 Å². The third kappa shape index (κ3) is 1.15. The summed E-state index contributed by atoms with van der Waals surface area (Å²) in [7, 11) is -3.86. The highest BCUT2D eigenvalue weighted by Crippen LogP contribution is 2.28. The molecule has 0 amide bonds. The van der Waals surface area contributed by atoms with Gasteiger partial charge >= 0.3 is 0 Å². The summed E-state index contributed by atoms with van der Waals surface area (Å²) in [5, 5.41) is 0. The Balaban J connectivity index is 2.82. The lowest BCUT2D eigenvalue weighted by Gasteiger charge is -1.98. The van der Waals surface area contributed by atoms with Crippen LogP contribution in [-0.2, 0) is 10.0 Å². The Morgan fingerprint density at radius 3 is 2.79 bits per heavy atom. The zero-order chi connectivity index (χ0) is 10.3. The summed E-state index contributed by atoms with van der Waals surface area (Å²) in [5.74, 6) is -0.783. The number of rotatable bonds is 1. The fourth-order valence-corrected chi connectivity index (χ4v) is 2.72. The Kier molecular flexibility index (Phi) is 1.90. The number of hydrogen-bond acceptors (Lipinski definition) is 3. The standard InChI is InChI=1S/C8H7FN2O2S/c9-6-3-1-2-5-7(4-10)11-14(12,13)8(5)6/h1-3H,4,10H2. The molecule has 0 radical (unpaired) electrons. The van der Waals surface area contributed by atoms with Crippen LogP contribution in [0.4, 0.5) is 4.39 Å². The molecular weight excluding hydrogens is 207 g/mol. The topological polar surface area (TPSA) is 72.5 Å². The summed E-state index contributed by atoms with van der Waals surface area (Å²) in [6.07, 6.45) is 0. The van der Waals surface area contributed by atoms with Crippen molar-refractivity contribution in [3.05, 3.63) is 29.6 Å². The van der Waals surface area contributed by atoms with Gasteiger partial charge in [0, 0.05) is 12.1 Å². The van der Waals surface area contributed by atoms with E-state index in [4.69, 9.17) is 5.73 Å². The lowest BCUT2D eigenvalue weighted by Crippen LogP contribution is -2.13. The Morgan fingerprint density at radius 2 is 2.14 bits per heavy atom. The fourth-order valence-electron chi connectivity index (χ4n) is 1.39. The van der Waals surface area contributed by atoms with Crippen molar-refractivity contribution < 1.29 is 12.8 Å². The van der Waals surface area contributed by atoms with Crippen LogP contribution < -0.4 is 5.73 Å². The summed E-state index contributed by atoms with van der Waals surface area (Å²) < 4.78 is 39.3. The van der Waals surface area contributed by atoms with Gasteiger partial charge in [0.15, 0.2) is 0 Å². The Labute approximate surface area is 80.3 Å². The van der Waals surface area contributed by atoms with Crippen molar-refractivity contribution in [2.24, 2.45) is 10.1 Å². The van der Waals surface area contributed by atoms with Crippen molar-refractivity contribution in [1.82, 2.24) is 0 Å². The first-order chi connectivity index (χ1) is 6.56. The van der Waals surface area contributed by atoms with Gasteiger partial charge in [-0.05, 0) is 6.07 Å². The molecule has 2 N–H and O–H groups in total. The van der Waals surface area contributed by atoms with E-state index < -0.39 is 15.8 Å². The van der Waals surface area contributed by atoms with Gasteiger partial charge in [-0.3, -0.25) is 0 Å². The first kappa shape index (κ1) is 9.29. The Bertz CT molecular complexity index is 522. The smallest absolute Gasteiger partial charge is 0.286 e. The second kappa shape index (κ2) is 2.86. The molecule has 0 bridgehead atoms. The molecule has 1 aliphatic rings. The molecule has 6 heteroatoms. The van der Waals surface area contributed by atoms with Gasteiger partial charge in [0.25, 0.3) is 10.0 Å². The Hall–Kier alpha value is -1.27. The Morgan fingerprint density at radius 1 is 1.43 bits per heavy atom. The fraction of sp³-hybridized carbons (Fsp3) is 0.125. The van der Waals surface area contributed by atoms with Crippen molar-refractivity contribution in [1.29, 1.82) is 0 Å². The van der Waals surface area contributed by atoms with Crippen molar-refractivity contribution in [2.45, 2.75) is 4.90 Å². The number of halogens is 1. The van der Waals surface area contributed by atoms with E-state index in [0.29, 0.717) is 0 Å². The first-order valence-corrected chi connectivity index (χ1v) is 5.33. The molecule has 0 spiro atoms. The molecule has 74 valence electrons. The molecule has 1 aromatic rings. The van der Waals surface area contributed by atoms with E-state index in [0.717, 1.165) is 6.07 Å². The van der Waals surface area contributed by atoms with Gasteiger partial charge in [-0.2, -0.15) is 12.8 Å². The van der Waals surface area contributed by atoms with Gasteiger partial charge in [-0.25, -0.2) is 4.39 Å². The minimum absolute atomic E-state index is 0.0182. The maximum atomic E-state index is 13.2. The molecule has 2 rings (SSSR count). The van der Waals surface area contributed by atoms with E-state index in [1.165, 1.54) is 12.1 Å². The maximum Gasteiger partial charge on any atom is 0.286 e. The molecule has 4 nitrogen and oxygen atoms in total. The van der Waals surface area contributed by atoms with Crippen molar-refractivity contribution in [3.8, 4) is 0 Å². The molecule has 1 heterocycles. The monoisotopic (exact) mass is 214 g/mol. The highest BCUT2D eigenvalue weighted by molar-refractivity contribution is 7.90. The minimum Gasteiger partial charge on any atom is -0.325 e. The van der Waals surface area contributed by atoms with Crippen LogP contribution in [0.2, 0.25) is 0 Å². The lowest BCUT2D eigenvalue weighted by atomic mass is 10.1. The van der Waals surface area contributed by atoms with Gasteiger partial charge in [0.1, 0.15) is 10.7 Å². The van der Waals surface area contributed by atoms with E-state index >= 15 is 0 Å². The number of hydrogen-bond donors (Lipinski definition) is 1. The maximum absolute atomic E-state index is 13.2. The molecule has 0 fully saturated rings. The number of sulfonamides is 1. The van der Waals surface area contributed by atoms with Crippen LogP contribution >= 0.6 is 0 Å². The summed E-state index contributed by atoms with van der Waals surface area (Å²) in [4.78, 5) is -0.361. The van der Waals surface area contributed by atoms with Crippen LogP contribution in [-0.4, -0.2) is 20.7 Å². The SMILES string of the molecule is NCC1=NS(=O)(=O)c2c(F)cccc21. The molecule has 0 saturated heterocycles. The second-order valence-corrected chi connectivity index (χ2v) is 4.37. The number of nitrogens with two attached hydrogens (primary N) is 1. The second-order valence-electron chi connectivity index (χ2n) is 2.83. The van der Waals surface area contributed by atoms with Gasteiger partial charge in [-0.15, -0.1) is 0 Å². The molecule has 0 aliphatic carbocycles. The van der Waals surface area contributed by atoms with Crippen LogP contribution in [0.1, 0.15) is 5.56 Å². The van der Waals surface area contributed by atoms with Crippen LogP contribution in [0.25, 0.3) is 0 Å². The number of benzene rings is 1. The number of fused-ring (bicyclic) bond motifs is 1. The molecule has 0 saturated carbocycles. The molecule has 0 atom stereocenters. The zero-order valence-corrected chi connectivity index (χ0v) is 7.88. The van der Waals surface area contributed by atoms with Gasteiger partial charge in [0.05, 0.1) is 5.71 Å². The van der Waals surface area contributed by atoms with Crippen molar-refractivity contribution in [3.63, 3.8) is 0 Å². The van der Waals surface area contributed by atoms with E-state index in [1.807, 2.05) is 0 Å². The van der Waals surface area contributed by atoms with Crippen LogP contribution in [0, 0.1) is 5.82 Å². The molecule has 0 aromatic heterocycles. The summed E-state index contributed by atoms with van der Waals surface area (Å²) in [5.41, 5.74) is 5.78. The summed E-state index contributed by atoms with van der Waals surface area (Å²) in [6, 6.07) is 4.01. The third-order valence-electron chi connectivity index (χ3n) is 1.96. The molecule has 1 aliphatic heterocycles. The normalized spacial score (nSPS) is 17.7. The predicted octanol–water partition coefficient (Wildman–Crippen LogP) is 0.276. The van der Waals surface area contributed by atoms with Gasteiger partial charge in [0.2, 0.25) is 0 Å². The predicted molar refractivity (Wildman–Crippen MR) is 49.2 cm³/mol. The average molecular weight is 214 g/mol. The van der Waals surface area contributed by atoms with Crippen LogP contribution in [0.5, 0.6) is 0 Å². The summed E-state index contributed by atoms with van der Waals surface area (Å²) >= 11 is 0. The van der Waals surface area contributed by atoms with Crippen LogP contribution in [0.3, 0.4) is 0 Å². The van der Waals surface area contributed by atoms with E-state index in [9.17, 15) is 12.8 Å². The molecule has 14 heavy (non-hydrogen) atoms. The zero-order valence-electron chi connectivity index (χ0n) is 7.07. The van der Waals surface area contributed by atoms with Gasteiger partial charge in [-0.1, -0.05) is 12.1 Å². The largest absolute Gasteiger partial charge is 0.325 e. The van der Waals surface area contributed by atoms with E-state index in [1.54, 1.807) is 0 Å². The summed E-state index contributed by atoms with van der Waals surface area (Å²) in [6.45, 7) is -0.0182. The van der Waals surface area contributed by atoms with E-state index in [-0.39, 0.29) is 22.7 Å². The molecular formula is C8H7FN2O2S. The van der Waals surface area contributed by atoms with Gasteiger partial charge < -0.3 is 5.73 Å². The highest BCUT2D eigenvalue weighted by Gasteiger charge is 2.30. The lowest BCUT2D eigenvalue weighted by molar-refractivity contribution is 0.570. The number of nitrogens with zero attached hydrogens (tertiary/aromatic N) is 1. The van der Waals surface area contributed by atoms with E-state index in [2.05, 4.69) is 4.40 Å². The van der Waals surface area contributed by atoms with Crippen molar-refractivity contribution in [2.75, 3.05) is 6.54 Å². The molecule has 0 unspecified atom stereocenters. The minimum atomic E-state index is -3.86. The van der Waals surface area contributed by atoms with Crippen molar-refractivity contribution >= 4 is 15.7 Å². The quantitative estimate of drug-likeness (QED) is 0.729. The first-order valence-electron chi connectivity index (χ1n) is 3.89. The third-order valence-corrected chi connectivity index (χ3v) is 3.35. The average Bonchev–Trinajstić information content (AvgIpc) is 2.39. The highest BCUT2D eigenvalue weighted by atomic mass is 32.2.